The van der Waals surface area contributed by atoms with E-state index in [0.717, 1.165) is 29.1 Å². The first-order valence-electron chi connectivity index (χ1n) is 12.4. The fourth-order valence-electron chi connectivity index (χ4n) is 4.35. The summed E-state index contributed by atoms with van der Waals surface area (Å²) in [5, 5.41) is 9.40. The molecule has 2 aromatic carbocycles. The van der Waals surface area contributed by atoms with Crippen LogP contribution in [0.15, 0.2) is 60.7 Å². The normalized spacial score (nSPS) is 14.4. The van der Waals surface area contributed by atoms with E-state index >= 15 is 0 Å². The molecule has 4 rings (SSSR count). The fourth-order valence-corrected chi connectivity index (χ4v) is 4.59. The van der Waals surface area contributed by atoms with Crippen molar-refractivity contribution >= 4 is 29.2 Å². The molecule has 0 unspecified atom stereocenters. The molecule has 1 atom stereocenters. The minimum absolute atomic E-state index is 0.0305. The Morgan fingerprint density at radius 2 is 1.67 bits per heavy atom. The molecule has 1 fully saturated rings. The van der Waals surface area contributed by atoms with Gasteiger partial charge >= 0.3 is 0 Å². The predicted octanol–water partition coefficient (Wildman–Crippen LogP) is 4.69. The van der Waals surface area contributed by atoms with Crippen LogP contribution in [0.1, 0.15) is 36.2 Å². The summed E-state index contributed by atoms with van der Waals surface area (Å²) in [6.45, 7) is 8.47. The number of halogens is 1. The van der Waals surface area contributed by atoms with Gasteiger partial charge in [-0.1, -0.05) is 54.9 Å². The lowest BCUT2D eigenvalue weighted by Gasteiger charge is -2.37. The van der Waals surface area contributed by atoms with E-state index in [1.165, 1.54) is 0 Å². The molecule has 1 saturated heterocycles. The average Bonchev–Trinajstić information content (AvgIpc) is 2.91. The number of hydrogen-bond donors (Lipinski definition) is 0. The lowest BCUT2D eigenvalue weighted by Crippen LogP contribution is -2.53. The molecule has 0 radical (unpaired) electrons. The lowest BCUT2D eigenvalue weighted by atomic mass is 10.1. The fraction of sp³-hybridized carbons (Fsp3) is 0.357. The van der Waals surface area contributed by atoms with Crippen molar-refractivity contribution < 1.29 is 9.59 Å². The topological polar surface area (TPSA) is 69.6 Å². The molecule has 8 heteroatoms. The van der Waals surface area contributed by atoms with Crippen LogP contribution >= 0.6 is 11.6 Å². The minimum Gasteiger partial charge on any atom is -0.352 e. The van der Waals surface area contributed by atoms with Gasteiger partial charge in [-0.05, 0) is 50.1 Å². The third-order valence-electron chi connectivity index (χ3n) is 6.82. The number of carbonyl (C=O) groups is 2. The van der Waals surface area contributed by atoms with Gasteiger partial charge in [0.2, 0.25) is 5.91 Å². The number of anilines is 1. The number of benzene rings is 2. The minimum atomic E-state index is -0.0941. The Kier molecular flexibility index (Phi) is 8.21. The molecule has 188 valence electrons. The van der Waals surface area contributed by atoms with Crippen molar-refractivity contribution in [2.24, 2.45) is 0 Å². The van der Waals surface area contributed by atoms with Crippen molar-refractivity contribution in [3.63, 3.8) is 0 Å². The van der Waals surface area contributed by atoms with E-state index in [4.69, 9.17) is 11.6 Å². The summed E-state index contributed by atoms with van der Waals surface area (Å²) in [6.07, 6.45) is 0.779. The van der Waals surface area contributed by atoms with Gasteiger partial charge < -0.3 is 14.7 Å². The monoisotopic (exact) mass is 505 g/mol. The van der Waals surface area contributed by atoms with E-state index in [0.29, 0.717) is 36.8 Å². The van der Waals surface area contributed by atoms with Gasteiger partial charge in [-0.25, -0.2) is 0 Å². The zero-order valence-electron chi connectivity index (χ0n) is 21.0. The highest BCUT2D eigenvalue weighted by molar-refractivity contribution is 6.33. The van der Waals surface area contributed by atoms with Gasteiger partial charge in [-0.3, -0.25) is 9.59 Å². The van der Waals surface area contributed by atoms with Crippen molar-refractivity contribution in [1.29, 1.82) is 0 Å². The van der Waals surface area contributed by atoms with Gasteiger partial charge in [0.1, 0.15) is 6.54 Å². The average molecular weight is 506 g/mol. The second kappa shape index (κ2) is 11.5. The van der Waals surface area contributed by atoms with Crippen LogP contribution in [0.3, 0.4) is 0 Å². The first-order valence-corrected chi connectivity index (χ1v) is 12.7. The van der Waals surface area contributed by atoms with E-state index in [-0.39, 0.29) is 24.4 Å². The van der Waals surface area contributed by atoms with Gasteiger partial charge in [0.25, 0.3) is 5.91 Å². The lowest BCUT2D eigenvalue weighted by molar-refractivity contribution is -0.132. The first kappa shape index (κ1) is 25.6. The third kappa shape index (κ3) is 5.68. The Morgan fingerprint density at radius 1 is 0.972 bits per heavy atom. The molecule has 0 spiro atoms. The summed E-state index contributed by atoms with van der Waals surface area (Å²) < 4.78 is 0. The second-order valence-corrected chi connectivity index (χ2v) is 9.54. The Balaban J connectivity index is 1.38. The molecular formula is C28H32ClN5O2. The standard InChI is InChI=1S/C28H32ClN5O2/c1-4-21(3)34(28(36)22-10-6-5-9-20(22)2)19-27(35)33-17-15-32(16-18-33)26-14-13-25(30-31-26)23-11-7-8-12-24(23)29/h5-14,21H,4,15-19H2,1-3H3/t21-/m1/s1. The molecule has 2 amide bonds. The maximum Gasteiger partial charge on any atom is 0.254 e. The van der Waals surface area contributed by atoms with Crippen LogP contribution < -0.4 is 4.90 Å². The van der Waals surface area contributed by atoms with Crippen molar-refractivity contribution in [2.75, 3.05) is 37.6 Å². The highest BCUT2D eigenvalue weighted by Crippen LogP contribution is 2.26. The third-order valence-corrected chi connectivity index (χ3v) is 7.15. The summed E-state index contributed by atoms with van der Waals surface area (Å²) >= 11 is 6.28. The van der Waals surface area contributed by atoms with Gasteiger partial charge in [0.05, 0.1) is 10.7 Å². The van der Waals surface area contributed by atoms with E-state index < -0.39 is 0 Å². The molecule has 0 saturated carbocycles. The zero-order valence-corrected chi connectivity index (χ0v) is 21.8. The van der Waals surface area contributed by atoms with Crippen LogP contribution in [0.25, 0.3) is 11.3 Å². The highest BCUT2D eigenvalue weighted by Gasteiger charge is 2.28. The number of aryl methyl sites for hydroxylation is 1. The number of rotatable bonds is 7. The van der Waals surface area contributed by atoms with Gasteiger partial charge in [0, 0.05) is 43.3 Å². The molecule has 0 N–H and O–H groups in total. The van der Waals surface area contributed by atoms with Crippen molar-refractivity contribution in [2.45, 2.75) is 33.2 Å². The Labute approximate surface area is 217 Å². The Morgan fingerprint density at radius 3 is 2.31 bits per heavy atom. The van der Waals surface area contributed by atoms with Crippen LogP contribution in [-0.4, -0.2) is 70.6 Å². The summed E-state index contributed by atoms with van der Waals surface area (Å²) in [4.78, 5) is 32.2. The Hall–Kier alpha value is -3.45. The molecule has 0 aliphatic carbocycles. The van der Waals surface area contributed by atoms with E-state index in [1.807, 2.05) is 86.3 Å². The largest absolute Gasteiger partial charge is 0.352 e. The summed E-state index contributed by atoms with van der Waals surface area (Å²) in [7, 11) is 0. The van der Waals surface area contributed by atoms with E-state index in [2.05, 4.69) is 15.1 Å². The molecular weight excluding hydrogens is 474 g/mol. The van der Waals surface area contributed by atoms with Gasteiger partial charge in [0.15, 0.2) is 5.82 Å². The quantitative estimate of drug-likeness (QED) is 0.465. The maximum absolute atomic E-state index is 13.3. The van der Waals surface area contributed by atoms with E-state index in [1.54, 1.807) is 4.90 Å². The zero-order chi connectivity index (χ0) is 25.7. The van der Waals surface area contributed by atoms with Crippen molar-refractivity contribution in [3.8, 4) is 11.3 Å². The second-order valence-electron chi connectivity index (χ2n) is 9.13. The summed E-state index contributed by atoms with van der Waals surface area (Å²) in [5.41, 5.74) is 3.13. The van der Waals surface area contributed by atoms with Gasteiger partial charge in [-0.15, -0.1) is 10.2 Å². The summed E-state index contributed by atoms with van der Waals surface area (Å²) in [5.74, 6) is 0.647. The molecule has 7 nitrogen and oxygen atoms in total. The van der Waals surface area contributed by atoms with Crippen LogP contribution in [-0.2, 0) is 4.79 Å². The van der Waals surface area contributed by atoms with Crippen LogP contribution in [0.5, 0.6) is 0 Å². The molecule has 1 aliphatic heterocycles. The van der Waals surface area contributed by atoms with Crippen molar-refractivity contribution in [1.82, 2.24) is 20.0 Å². The first-order chi connectivity index (χ1) is 17.4. The Bertz CT molecular complexity index is 1210. The number of nitrogens with zero attached hydrogens (tertiary/aromatic N) is 5. The number of hydrogen-bond acceptors (Lipinski definition) is 5. The molecule has 1 aromatic heterocycles. The molecule has 3 aromatic rings. The molecule has 1 aliphatic rings. The van der Waals surface area contributed by atoms with Crippen LogP contribution in [0.2, 0.25) is 5.02 Å². The van der Waals surface area contributed by atoms with Crippen molar-refractivity contribution in [3.05, 3.63) is 76.8 Å². The molecule has 36 heavy (non-hydrogen) atoms. The van der Waals surface area contributed by atoms with Crippen LogP contribution in [0, 0.1) is 6.92 Å². The SMILES string of the molecule is CC[C@@H](C)N(CC(=O)N1CCN(c2ccc(-c3ccccc3Cl)nn2)CC1)C(=O)c1ccccc1C. The maximum atomic E-state index is 13.3. The van der Waals surface area contributed by atoms with Gasteiger partial charge in [-0.2, -0.15) is 0 Å². The number of piperazine rings is 1. The highest BCUT2D eigenvalue weighted by atomic mass is 35.5. The molecule has 2 heterocycles. The number of carbonyl (C=O) groups excluding carboxylic acids is 2. The predicted molar refractivity (Wildman–Crippen MR) is 143 cm³/mol. The smallest absolute Gasteiger partial charge is 0.254 e. The number of aromatic nitrogens is 2. The molecule has 0 bridgehead atoms. The number of amides is 2. The van der Waals surface area contributed by atoms with E-state index in [9.17, 15) is 9.59 Å². The summed E-state index contributed by atoms with van der Waals surface area (Å²) in [6, 6.07) is 18.9. The van der Waals surface area contributed by atoms with Crippen LogP contribution in [0.4, 0.5) is 5.82 Å².